The minimum Gasteiger partial charge on any atom is -0.468 e. The summed E-state index contributed by atoms with van der Waals surface area (Å²) >= 11 is 0. The van der Waals surface area contributed by atoms with Crippen LogP contribution in [0.3, 0.4) is 0 Å². The number of ether oxygens (including phenoxy) is 1. The number of anilines is 1. The normalized spacial score (nSPS) is 11.5. The molecule has 3 rings (SSSR count). The zero-order chi connectivity index (χ0) is 18.0. The van der Waals surface area contributed by atoms with Gasteiger partial charge in [-0.15, -0.1) is 0 Å². The smallest absolute Gasteiger partial charge is 0.422 e. The number of alkyl halides is 3. The predicted molar refractivity (Wildman–Crippen MR) is 82.0 cm³/mol. The van der Waals surface area contributed by atoms with Gasteiger partial charge in [-0.25, -0.2) is 9.37 Å². The van der Waals surface area contributed by atoms with Crippen molar-refractivity contribution >= 4 is 22.5 Å². The fraction of sp³-hybridized carbons (Fsp3) is 0.125. The fourth-order valence-electron chi connectivity index (χ4n) is 2.12. The predicted octanol–water partition coefficient (Wildman–Crippen LogP) is 3.90. The van der Waals surface area contributed by atoms with Crippen LogP contribution in [0.25, 0.3) is 10.9 Å². The molecule has 1 aromatic carbocycles. The van der Waals surface area contributed by atoms with Gasteiger partial charge in [-0.1, -0.05) is 0 Å². The summed E-state index contributed by atoms with van der Waals surface area (Å²) in [6, 6.07) is 8.12. The summed E-state index contributed by atoms with van der Waals surface area (Å²) in [6.45, 7) is -1.45. The Balaban J connectivity index is 1.67. The second kappa shape index (κ2) is 6.42. The molecule has 1 amide bonds. The number of benzene rings is 1. The van der Waals surface area contributed by atoms with E-state index in [0.717, 1.165) is 0 Å². The number of nitrogens with zero attached hydrogens (tertiary/aromatic N) is 1. The molecule has 0 unspecified atom stereocenters. The zero-order valence-electron chi connectivity index (χ0n) is 12.5. The Kier molecular flexibility index (Phi) is 4.30. The van der Waals surface area contributed by atoms with Crippen LogP contribution in [-0.4, -0.2) is 28.7 Å². The lowest BCUT2D eigenvalue weighted by molar-refractivity contribution is -0.154. The summed E-state index contributed by atoms with van der Waals surface area (Å²) in [5.74, 6) is -1.13. The molecule has 0 bridgehead atoms. The molecule has 0 aliphatic heterocycles. The van der Waals surface area contributed by atoms with E-state index in [9.17, 15) is 22.4 Å². The van der Waals surface area contributed by atoms with Crippen molar-refractivity contribution in [3.63, 3.8) is 0 Å². The number of nitrogens with one attached hydrogen (secondary N) is 2. The molecule has 2 aromatic heterocycles. The highest BCUT2D eigenvalue weighted by atomic mass is 19.4. The monoisotopic (exact) mass is 353 g/mol. The van der Waals surface area contributed by atoms with Crippen molar-refractivity contribution in [1.29, 1.82) is 0 Å². The first-order valence-electron chi connectivity index (χ1n) is 7.05. The van der Waals surface area contributed by atoms with E-state index in [4.69, 9.17) is 0 Å². The number of fused-ring (bicyclic) bond motifs is 1. The highest BCUT2D eigenvalue weighted by Crippen LogP contribution is 2.20. The van der Waals surface area contributed by atoms with Crippen LogP contribution in [-0.2, 0) is 0 Å². The molecule has 0 atom stereocenters. The summed E-state index contributed by atoms with van der Waals surface area (Å²) in [6.07, 6.45) is -3.28. The number of carbonyl (C=O) groups is 1. The Hall–Kier alpha value is -3.10. The van der Waals surface area contributed by atoms with E-state index >= 15 is 0 Å². The average molecular weight is 353 g/mol. The standard InChI is InChI=1S/C16H11F4N3O2/c17-10-1-3-12-9(5-10)6-13(23-12)15(24)22-11-2-4-14(21-7-11)25-8-16(18,19)20/h1-7,23H,8H2,(H,22,24). The van der Waals surface area contributed by atoms with Crippen molar-refractivity contribution < 1.29 is 27.1 Å². The number of H-pyrrole nitrogens is 1. The molecule has 2 N–H and O–H groups in total. The van der Waals surface area contributed by atoms with Gasteiger partial charge in [0.15, 0.2) is 6.61 Å². The van der Waals surface area contributed by atoms with Gasteiger partial charge < -0.3 is 15.0 Å². The number of rotatable bonds is 4. The van der Waals surface area contributed by atoms with Crippen molar-refractivity contribution in [1.82, 2.24) is 9.97 Å². The molecule has 0 aliphatic carbocycles. The van der Waals surface area contributed by atoms with E-state index in [2.05, 4.69) is 20.0 Å². The minimum atomic E-state index is -4.45. The Morgan fingerprint density at radius 1 is 1.20 bits per heavy atom. The minimum absolute atomic E-state index is 0.206. The van der Waals surface area contributed by atoms with Crippen molar-refractivity contribution in [2.24, 2.45) is 0 Å². The van der Waals surface area contributed by atoms with E-state index < -0.39 is 24.5 Å². The van der Waals surface area contributed by atoms with Gasteiger partial charge in [-0.3, -0.25) is 4.79 Å². The molecular formula is C16H11F4N3O2. The third-order valence-corrected chi connectivity index (χ3v) is 3.21. The zero-order valence-corrected chi connectivity index (χ0v) is 12.5. The highest BCUT2D eigenvalue weighted by Gasteiger charge is 2.28. The lowest BCUT2D eigenvalue weighted by Crippen LogP contribution is -2.19. The maximum absolute atomic E-state index is 13.2. The van der Waals surface area contributed by atoms with Crippen molar-refractivity contribution in [2.75, 3.05) is 11.9 Å². The molecule has 0 spiro atoms. The lowest BCUT2D eigenvalue weighted by Gasteiger charge is -2.09. The number of carbonyl (C=O) groups excluding carboxylic acids is 1. The second-order valence-corrected chi connectivity index (χ2v) is 5.16. The number of amides is 1. The molecule has 0 radical (unpaired) electrons. The van der Waals surface area contributed by atoms with Crippen molar-refractivity contribution in [2.45, 2.75) is 6.18 Å². The second-order valence-electron chi connectivity index (χ2n) is 5.16. The van der Waals surface area contributed by atoms with E-state index in [1.807, 2.05) is 0 Å². The maximum Gasteiger partial charge on any atom is 0.422 e. The van der Waals surface area contributed by atoms with Gasteiger partial charge in [0.05, 0.1) is 11.9 Å². The quantitative estimate of drug-likeness (QED) is 0.699. The fourth-order valence-corrected chi connectivity index (χ4v) is 2.12. The van der Waals surface area contributed by atoms with Gasteiger partial charge in [-0.05, 0) is 30.3 Å². The lowest BCUT2D eigenvalue weighted by atomic mass is 10.2. The molecule has 2 heterocycles. The van der Waals surface area contributed by atoms with Gasteiger partial charge >= 0.3 is 6.18 Å². The van der Waals surface area contributed by atoms with Gasteiger partial charge in [0.1, 0.15) is 11.5 Å². The summed E-state index contributed by atoms with van der Waals surface area (Å²) in [7, 11) is 0. The van der Waals surface area contributed by atoms with Crippen LogP contribution in [0.2, 0.25) is 0 Å². The number of hydrogen-bond donors (Lipinski definition) is 2. The molecule has 0 fully saturated rings. The molecule has 9 heteroatoms. The molecule has 5 nitrogen and oxygen atoms in total. The van der Waals surface area contributed by atoms with Crippen LogP contribution in [0.15, 0.2) is 42.6 Å². The first-order chi connectivity index (χ1) is 11.8. The Bertz CT molecular complexity index is 904. The molecular weight excluding hydrogens is 342 g/mol. The Labute approximate surface area is 138 Å². The van der Waals surface area contributed by atoms with E-state index in [1.165, 1.54) is 42.6 Å². The third kappa shape index (κ3) is 4.25. The van der Waals surface area contributed by atoms with Crippen LogP contribution in [0.4, 0.5) is 23.2 Å². The van der Waals surface area contributed by atoms with Crippen LogP contribution in [0.5, 0.6) is 5.88 Å². The largest absolute Gasteiger partial charge is 0.468 e. The molecule has 0 saturated heterocycles. The Morgan fingerprint density at radius 3 is 2.68 bits per heavy atom. The van der Waals surface area contributed by atoms with Gasteiger partial charge in [0.2, 0.25) is 5.88 Å². The van der Waals surface area contributed by atoms with Crippen LogP contribution >= 0.6 is 0 Å². The number of aromatic nitrogens is 2. The summed E-state index contributed by atoms with van der Waals surface area (Å²) in [4.78, 5) is 18.7. The molecule has 3 aromatic rings. The van der Waals surface area contributed by atoms with Crippen molar-refractivity contribution in [3.8, 4) is 5.88 Å². The van der Waals surface area contributed by atoms with Gasteiger partial charge in [0, 0.05) is 17.0 Å². The van der Waals surface area contributed by atoms with E-state index in [0.29, 0.717) is 10.9 Å². The topological polar surface area (TPSA) is 67.0 Å². The third-order valence-electron chi connectivity index (χ3n) is 3.21. The van der Waals surface area contributed by atoms with Gasteiger partial charge in [-0.2, -0.15) is 13.2 Å². The Morgan fingerprint density at radius 2 is 2.00 bits per heavy atom. The van der Waals surface area contributed by atoms with Crippen LogP contribution < -0.4 is 10.1 Å². The number of pyridine rings is 1. The van der Waals surface area contributed by atoms with Gasteiger partial charge in [0.25, 0.3) is 5.91 Å². The number of halogens is 4. The summed E-state index contributed by atoms with van der Waals surface area (Å²) in [5, 5.41) is 3.07. The average Bonchev–Trinajstić information content (AvgIpc) is 2.96. The molecule has 130 valence electrons. The SMILES string of the molecule is O=C(Nc1ccc(OCC(F)(F)F)nc1)c1cc2cc(F)ccc2[nH]1. The van der Waals surface area contributed by atoms with Crippen LogP contribution in [0.1, 0.15) is 10.5 Å². The van der Waals surface area contributed by atoms with Crippen molar-refractivity contribution in [3.05, 3.63) is 54.1 Å². The molecule has 0 aliphatic rings. The summed E-state index contributed by atoms with van der Waals surface area (Å²) < 4.78 is 53.8. The first-order valence-corrected chi connectivity index (χ1v) is 7.05. The maximum atomic E-state index is 13.2. The number of hydrogen-bond acceptors (Lipinski definition) is 3. The van der Waals surface area contributed by atoms with Crippen LogP contribution in [0, 0.1) is 5.82 Å². The molecule has 25 heavy (non-hydrogen) atoms. The highest BCUT2D eigenvalue weighted by molar-refractivity contribution is 6.05. The number of aromatic amines is 1. The summed E-state index contributed by atoms with van der Waals surface area (Å²) in [5.41, 5.74) is 1.08. The molecule has 0 saturated carbocycles. The van der Waals surface area contributed by atoms with E-state index in [-0.39, 0.29) is 17.3 Å². The first kappa shape index (κ1) is 16.7. The van der Waals surface area contributed by atoms with E-state index in [1.54, 1.807) is 0 Å².